The first-order chi connectivity index (χ1) is 8.22. The highest BCUT2D eigenvalue weighted by Gasteiger charge is 2.22. The molecular weight excluding hydrogens is 230 g/mol. The fraction of sp³-hybridized carbons (Fsp3) is 0.385. The summed E-state index contributed by atoms with van der Waals surface area (Å²) in [5.74, 6) is 1.88. The maximum absolute atomic E-state index is 4.43. The second-order valence-electron chi connectivity index (χ2n) is 4.44. The van der Waals surface area contributed by atoms with E-state index in [1.165, 1.54) is 10.5 Å². The predicted molar refractivity (Wildman–Crippen MR) is 69.3 cm³/mol. The standard InChI is InChI=1S/C13H15N3S/c1-9-14-10(2)16(15-9)8-12-7-11-5-3-4-6-13(11)17-12/h3-6,12H,7-8H2,1-2H3. The molecule has 3 nitrogen and oxygen atoms in total. The molecule has 1 aromatic carbocycles. The van der Waals surface area contributed by atoms with Crippen LogP contribution >= 0.6 is 11.8 Å². The maximum atomic E-state index is 4.43. The molecule has 1 aliphatic rings. The minimum atomic E-state index is 0.590. The summed E-state index contributed by atoms with van der Waals surface area (Å²) in [5.41, 5.74) is 1.47. The summed E-state index contributed by atoms with van der Waals surface area (Å²) in [5, 5.41) is 5.02. The zero-order valence-corrected chi connectivity index (χ0v) is 10.9. The topological polar surface area (TPSA) is 30.7 Å². The number of thioether (sulfide) groups is 1. The number of hydrogen-bond donors (Lipinski definition) is 0. The molecule has 0 bridgehead atoms. The van der Waals surface area contributed by atoms with Crippen molar-refractivity contribution in [2.45, 2.75) is 37.0 Å². The van der Waals surface area contributed by atoms with Crippen LogP contribution in [0.15, 0.2) is 29.2 Å². The van der Waals surface area contributed by atoms with Crippen molar-refractivity contribution in [3.63, 3.8) is 0 Å². The smallest absolute Gasteiger partial charge is 0.147 e. The van der Waals surface area contributed by atoms with Crippen molar-refractivity contribution in [1.82, 2.24) is 14.8 Å². The van der Waals surface area contributed by atoms with Crippen LogP contribution in [0.25, 0.3) is 0 Å². The third-order valence-corrected chi connectivity index (χ3v) is 4.35. The summed E-state index contributed by atoms with van der Waals surface area (Å²) >= 11 is 1.96. The minimum Gasteiger partial charge on any atom is -0.249 e. The Bertz CT molecular complexity index is 522. The molecule has 0 N–H and O–H groups in total. The number of aryl methyl sites for hydroxylation is 2. The normalized spacial score (nSPS) is 18.4. The van der Waals surface area contributed by atoms with Gasteiger partial charge in [-0.15, -0.1) is 11.8 Å². The van der Waals surface area contributed by atoms with Crippen LogP contribution < -0.4 is 0 Å². The molecular formula is C13H15N3S. The Labute approximate surface area is 105 Å². The Kier molecular flexibility index (Phi) is 2.67. The van der Waals surface area contributed by atoms with Crippen molar-refractivity contribution in [2.75, 3.05) is 0 Å². The Hall–Kier alpha value is -1.29. The maximum Gasteiger partial charge on any atom is 0.147 e. The first-order valence-electron chi connectivity index (χ1n) is 5.85. The number of aromatic nitrogens is 3. The predicted octanol–water partition coefficient (Wildman–Crippen LogP) is 2.61. The van der Waals surface area contributed by atoms with Gasteiger partial charge in [0.25, 0.3) is 0 Å². The summed E-state index contributed by atoms with van der Waals surface area (Å²) in [6.45, 7) is 4.92. The number of benzene rings is 1. The summed E-state index contributed by atoms with van der Waals surface area (Å²) in [4.78, 5) is 5.77. The van der Waals surface area contributed by atoms with E-state index in [0.717, 1.165) is 24.6 Å². The highest BCUT2D eigenvalue weighted by Crippen LogP contribution is 2.37. The molecule has 0 amide bonds. The van der Waals surface area contributed by atoms with Gasteiger partial charge in [0.2, 0.25) is 0 Å². The van der Waals surface area contributed by atoms with E-state index in [0.29, 0.717) is 5.25 Å². The zero-order valence-electron chi connectivity index (χ0n) is 10.1. The van der Waals surface area contributed by atoms with E-state index in [4.69, 9.17) is 0 Å². The average Bonchev–Trinajstić information content (AvgIpc) is 2.82. The monoisotopic (exact) mass is 245 g/mol. The summed E-state index contributed by atoms with van der Waals surface area (Å²) in [7, 11) is 0. The molecule has 1 aromatic heterocycles. The Morgan fingerprint density at radius 1 is 1.35 bits per heavy atom. The molecule has 0 aliphatic carbocycles. The van der Waals surface area contributed by atoms with E-state index in [-0.39, 0.29) is 0 Å². The van der Waals surface area contributed by atoms with Gasteiger partial charge < -0.3 is 0 Å². The van der Waals surface area contributed by atoms with Crippen molar-refractivity contribution < 1.29 is 0 Å². The van der Waals surface area contributed by atoms with E-state index in [2.05, 4.69) is 34.3 Å². The van der Waals surface area contributed by atoms with Crippen molar-refractivity contribution >= 4 is 11.8 Å². The van der Waals surface area contributed by atoms with E-state index < -0.39 is 0 Å². The second-order valence-corrected chi connectivity index (χ2v) is 5.78. The van der Waals surface area contributed by atoms with Crippen LogP contribution in [0, 0.1) is 13.8 Å². The third kappa shape index (κ3) is 2.09. The van der Waals surface area contributed by atoms with Gasteiger partial charge in [-0.3, -0.25) is 0 Å². The van der Waals surface area contributed by atoms with Gasteiger partial charge in [0, 0.05) is 10.1 Å². The summed E-state index contributed by atoms with van der Waals surface area (Å²) in [6, 6.07) is 8.66. The molecule has 88 valence electrons. The Balaban J connectivity index is 1.76. The van der Waals surface area contributed by atoms with Crippen LogP contribution in [-0.4, -0.2) is 20.0 Å². The second kappa shape index (κ2) is 4.18. The van der Waals surface area contributed by atoms with Gasteiger partial charge >= 0.3 is 0 Å². The molecule has 0 saturated heterocycles. The van der Waals surface area contributed by atoms with Gasteiger partial charge in [-0.05, 0) is 31.9 Å². The SMILES string of the molecule is Cc1nc(C)n(CC2Cc3ccccc3S2)n1. The van der Waals surface area contributed by atoms with Crippen LogP contribution in [-0.2, 0) is 13.0 Å². The van der Waals surface area contributed by atoms with Crippen molar-refractivity contribution in [2.24, 2.45) is 0 Å². The van der Waals surface area contributed by atoms with Gasteiger partial charge in [0.15, 0.2) is 0 Å². The molecule has 1 unspecified atom stereocenters. The molecule has 17 heavy (non-hydrogen) atoms. The molecule has 0 saturated carbocycles. The Morgan fingerprint density at radius 2 is 2.18 bits per heavy atom. The quantitative estimate of drug-likeness (QED) is 0.815. The van der Waals surface area contributed by atoms with Crippen LogP contribution in [0.4, 0.5) is 0 Å². The lowest BCUT2D eigenvalue weighted by Gasteiger charge is -2.09. The molecule has 0 fully saturated rings. The van der Waals surface area contributed by atoms with Gasteiger partial charge in [-0.1, -0.05) is 18.2 Å². The first kappa shape index (κ1) is 10.8. The number of fused-ring (bicyclic) bond motifs is 1. The van der Waals surface area contributed by atoms with E-state index >= 15 is 0 Å². The molecule has 3 rings (SSSR count). The number of nitrogens with zero attached hydrogens (tertiary/aromatic N) is 3. The lowest BCUT2D eigenvalue weighted by atomic mass is 10.1. The fourth-order valence-corrected chi connectivity index (χ4v) is 3.58. The first-order valence-corrected chi connectivity index (χ1v) is 6.73. The van der Waals surface area contributed by atoms with Crippen LogP contribution in [0.2, 0.25) is 0 Å². The van der Waals surface area contributed by atoms with E-state index in [1.54, 1.807) is 0 Å². The average molecular weight is 245 g/mol. The Morgan fingerprint density at radius 3 is 2.88 bits per heavy atom. The van der Waals surface area contributed by atoms with Crippen molar-refractivity contribution in [3.05, 3.63) is 41.5 Å². The zero-order chi connectivity index (χ0) is 11.8. The molecule has 1 aliphatic heterocycles. The molecule has 0 spiro atoms. The van der Waals surface area contributed by atoms with Crippen molar-refractivity contribution in [1.29, 1.82) is 0 Å². The number of hydrogen-bond acceptors (Lipinski definition) is 3. The van der Waals surface area contributed by atoms with Crippen LogP contribution in [0.3, 0.4) is 0 Å². The lowest BCUT2D eigenvalue weighted by Crippen LogP contribution is -2.14. The number of rotatable bonds is 2. The molecule has 1 atom stereocenters. The van der Waals surface area contributed by atoms with Gasteiger partial charge in [0.05, 0.1) is 6.54 Å². The van der Waals surface area contributed by atoms with Gasteiger partial charge in [-0.2, -0.15) is 5.10 Å². The highest BCUT2D eigenvalue weighted by molar-refractivity contribution is 8.00. The van der Waals surface area contributed by atoms with Crippen LogP contribution in [0.1, 0.15) is 17.2 Å². The highest BCUT2D eigenvalue weighted by atomic mass is 32.2. The van der Waals surface area contributed by atoms with Gasteiger partial charge in [-0.25, -0.2) is 9.67 Å². The van der Waals surface area contributed by atoms with Gasteiger partial charge in [0.1, 0.15) is 11.6 Å². The summed E-state index contributed by atoms with van der Waals surface area (Å²) < 4.78 is 2.03. The minimum absolute atomic E-state index is 0.590. The molecule has 2 heterocycles. The molecule has 4 heteroatoms. The summed E-state index contributed by atoms with van der Waals surface area (Å²) in [6.07, 6.45) is 1.14. The third-order valence-electron chi connectivity index (χ3n) is 3.05. The van der Waals surface area contributed by atoms with E-state index in [1.807, 2.05) is 30.3 Å². The largest absolute Gasteiger partial charge is 0.249 e. The van der Waals surface area contributed by atoms with Crippen LogP contribution in [0.5, 0.6) is 0 Å². The lowest BCUT2D eigenvalue weighted by molar-refractivity contribution is 0.574. The molecule has 0 radical (unpaired) electrons. The van der Waals surface area contributed by atoms with E-state index in [9.17, 15) is 0 Å². The molecule has 2 aromatic rings. The van der Waals surface area contributed by atoms with Crippen molar-refractivity contribution in [3.8, 4) is 0 Å². The fourth-order valence-electron chi connectivity index (χ4n) is 2.28.